The van der Waals surface area contributed by atoms with E-state index in [4.69, 9.17) is 4.74 Å². The van der Waals surface area contributed by atoms with Crippen molar-refractivity contribution in [3.8, 4) is 0 Å². The van der Waals surface area contributed by atoms with Crippen LogP contribution in [0.15, 0.2) is 30.4 Å². The molecule has 0 bridgehead atoms. The van der Waals surface area contributed by atoms with Gasteiger partial charge >= 0.3 is 5.97 Å². The van der Waals surface area contributed by atoms with E-state index in [0.29, 0.717) is 18.5 Å². The third kappa shape index (κ3) is 4.58. The molecule has 1 aliphatic heterocycles. The molecule has 2 aliphatic rings. The number of carbonyl (C=O) groups excluding carboxylic acids is 3. The number of fused-ring (bicyclic) bond motifs is 1. The van der Waals surface area contributed by atoms with Crippen molar-refractivity contribution in [3.05, 3.63) is 41.5 Å². The number of rotatable bonds is 8. The fraction of sp³-hybridized carbons (Fsp3) is 0.560. The van der Waals surface area contributed by atoms with Crippen LogP contribution in [0.25, 0.3) is 0 Å². The Morgan fingerprint density at radius 3 is 2.59 bits per heavy atom. The van der Waals surface area contributed by atoms with Crippen molar-refractivity contribution in [2.45, 2.75) is 46.6 Å². The molecule has 174 valence electrons. The molecule has 2 N–H and O–H groups in total. The molecular formula is C25H34N2O5. The lowest BCUT2D eigenvalue weighted by Crippen LogP contribution is -2.45. The van der Waals surface area contributed by atoms with Crippen LogP contribution in [0.2, 0.25) is 0 Å². The van der Waals surface area contributed by atoms with E-state index in [1.54, 1.807) is 11.8 Å². The number of hydrogen-bond acceptors (Lipinski definition) is 5. The fourth-order valence-corrected chi connectivity index (χ4v) is 5.01. The summed E-state index contributed by atoms with van der Waals surface area (Å²) >= 11 is 0. The lowest BCUT2D eigenvalue weighted by Gasteiger charge is -2.33. The van der Waals surface area contributed by atoms with E-state index in [9.17, 15) is 19.5 Å². The molecule has 1 aliphatic carbocycles. The van der Waals surface area contributed by atoms with Gasteiger partial charge in [0.1, 0.15) is 6.04 Å². The molecule has 3 rings (SSSR count). The summed E-state index contributed by atoms with van der Waals surface area (Å²) in [5, 5.41) is 12.4. The molecule has 0 aromatic heterocycles. The molecule has 1 saturated heterocycles. The molecular weight excluding hydrogens is 408 g/mol. The van der Waals surface area contributed by atoms with Crippen LogP contribution in [0.5, 0.6) is 0 Å². The number of nitrogens with zero attached hydrogens (tertiary/aromatic N) is 1. The zero-order chi connectivity index (χ0) is 23.4. The van der Waals surface area contributed by atoms with Crippen LogP contribution in [0.3, 0.4) is 0 Å². The number of amides is 2. The van der Waals surface area contributed by atoms with Gasteiger partial charge in [0, 0.05) is 24.8 Å². The Kier molecular flexibility index (Phi) is 7.72. The number of aryl methyl sites for hydroxylation is 2. The molecule has 32 heavy (non-hydrogen) atoms. The van der Waals surface area contributed by atoms with E-state index < -0.39 is 23.8 Å². The highest BCUT2D eigenvalue weighted by Gasteiger charge is 2.57. The van der Waals surface area contributed by atoms with Gasteiger partial charge in [0.15, 0.2) is 0 Å². The van der Waals surface area contributed by atoms with Crippen molar-refractivity contribution in [3.63, 3.8) is 0 Å². The number of allylic oxidation sites excluding steroid dienone is 1. The fourth-order valence-electron chi connectivity index (χ4n) is 5.01. The average Bonchev–Trinajstić information content (AvgIpc) is 3.05. The first-order valence-corrected chi connectivity index (χ1v) is 11.5. The first kappa shape index (κ1) is 24.0. The second-order valence-corrected chi connectivity index (χ2v) is 8.70. The summed E-state index contributed by atoms with van der Waals surface area (Å²) in [7, 11) is 0. The van der Waals surface area contributed by atoms with Crippen LogP contribution in [0.4, 0.5) is 5.69 Å². The van der Waals surface area contributed by atoms with Crippen molar-refractivity contribution >= 4 is 23.5 Å². The van der Waals surface area contributed by atoms with Gasteiger partial charge in [-0.25, -0.2) is 0 Å². The number of aliphatic hydroxyl groups excluding tert-OH is 1. The molecule has 5 atom stereocenters. The van der Waals surface area contributed by atoms with Crippen molar-refractivity contribution in [2.24, 2.45) is 23.7 Å². The van der Waals surface area contributed by atoms with E-state index in [1.165, 1.54) is 0 Å². The first-order valence-electron chi connectivity index (χ1n) is 11.5. The second kappa shape index (κ2) is 10.3. The minimum atomic E-state index is -0.745. The number of nitrogens with one attached hydrogen (secondary N) is 1. The third-order valence-corrected chi connectivity index (χ3v) is 6.62. The number of likely N-dealkylation sites (tertiary alicyclic amines) is 1. The SMILES string of the molecule is CCOC(=O)[C@H]1[C@H]2C(=O)N(CCCO)[C@H](C(=O)Nc3cc(C)ccc3C)[C@H]2C=C[C@H]1CC. The Morgan fingerprint density at radius 2 is 1.94 bits per heavy atom. The highest BCUT2D eigenvalue weighted by Crippen LogP contribution is 2.45. The predicted octanol–water partition coefficient (Wildman–Crippen LogP) is 2.84. The first-order chi connectivity index (χ1) is 15.3. The molecule has 1 fully saturated rings. The zero-order valence-corrected chi connectivity index (χ0v) is 19.3. The van der Waals surface area contributed by atoms with Gasteiger partial charge in [-0.1, -0.05) is 31.2 Å². The number of anilines is 1. The smallest absolute Gasteiger partial charge is 0.310 e. The van der Waals surface area contributed by atoms with Crippen molar-refractivity contribution in [1.82, 2.24) is 4.90 Å². The minimum absolute atomic E-state index is 0.0842. The van der Waals surface area contributed by atoms with Crippen molar-refractivity contribution in [1.29, 1.82) is 0 Å². The quantitative estimate of drug-likeness (QED) is 0.477. The molecule has 1 aromatic carbocycles. The van der Waals surface area contributed by atoms with E-state index in [-0.39, 0.29) is 43.5 Å². The molecule has 7 heteroatoms. The van der Waals surface area contributed by atoms with Gasteiger partial charge in [0.2, 0.25) is 11.8 Å². The number of ether oxygens (including phenoxy) is 1. The van der Waals surface area contributed by atoms with E-state index in [2.05, 4.69) is 5.32 Å². The number of esters is 1. The number of aliphatic hydroxyl groups is 1. The number of carbonyl (C=O) groups is 3. The summed E-state index contributed by atoms with van der Waals surface area (Å²) in [5.74, 6) is -2.67. The lowest BCUT2D eigenvalue weighted by molar-refractivity contribution is -0.155. The number of hydrogen-bond donors (Lipinski definition) is 2. The zero-order valence-electron chi connectivity index (χ0n) is 19.3. The summed E-state index contributed by atoms with van der Waals surface area (Å²) < 4.78 is 5.32. The standard InChI is InChI=1S/C25H34N2O5/c1-5-17-10-11-18-21(20(17)25(31)32-6-2)24(30)27(12-7-13-28)22(18)23(29)26-19-14-15(3)8-9-16(19)4/h8-11,14,17-18,20-22,28H,5-7,12-13H2,1-4H3,(H,26,29)/t17-,18+,20-,21+,22+/m1/s1. The Hall–Kier alpha value is -2.67. The summed E-state index contributed by atoms with van der Waals surface area (Å²) in [6.07, 6.45) is 4.96. The largest absolute Gasteiger partial charge is 0.466 e. The summed E-state index contributed by atoms with van der Waals surface area (Å²) in [4.78, 5) is 41.4. The van der Waals surface area contributed by atoms with Gasteiger partial charge in [0.05, 0.1) is 18.4 Å². The van der Waals surface area contributed by atoms with Gasteiger partial charge in [0.25, 0.3) is 0 Å². The molecule has 1 aromatic rings. The van der Waals surface area contributed by atoms with Gasteiger partial charge in [-0.2, -0.15) is 0 Å². The topological polar surface area (TPSA) is 95.9 Å². The van der Waals surface area contributed by atoms with Crippen LogP contribution >= 0.6 is 0 Å². The molecule has 0 unspecified atom stereocenters. The molecule has 0 radical (unpaired) electrons. The second-order valence-electron chi connectivity index (χ2n) is 8.70. The summed E-state index contributed by atoms with van der Waals surface area (Å²) in [6, 6.07) is 5.09. The Bertz CT molecular complexity index is 896. The molecule has 7 nitrogen and oxygen atoms in total. The van der Waals surface area contributed by atoms with Crippen LogP contribution in [0, 0.1) is 37.5 Å². The average molecular weight is 443 g/mol. The van der Waals surface area contributed by atoms with Crippen molar-refractivity contribution < 1.29 is 24.2 Å². The normalized spacial score (nSPS) is 26.7. The van der Waals surface area contributed by atoms with E-state index in [0.717, 1.165) is 11.1 Å². The Balaban J connectivity index is 1.97. The lowest BCUT2D eigenvalue weighted by atomic mass is 9.69. The highest BCUT2D eigenvalue weighted by atomic mass is 16.5. The van der Waals surface area contributed by atoms with Crippen LogP contribution in [-0.4, -0.2) is 53.6 Å². The Morgan fingerprint density at radius 1 is 1.19 bits per heavy atom. The maximum absolute atomic E-state index is 13.5. The third-order valence-electron chi connectivity index (χ3n) is 6.62. The van der Waals surface area contributed by atoms with E-state index >= 15 is 0 Å². The van der Waals surface area contributed by atoms with E-state index in [1.807, 2.05) is 51.1 Å². The molecule has 2 amide bonds. The summed E-state index contributed by atoms with van der Waals surface area (Å²) in [5.41, 5.74) is 2.66. The van der Waals surface area contributed by atoms with Gasteiger partial charge in [-0.3, -0.25) is 14.4 Å². The van der Waals surface area contributed by atoms with Gasteiger partial charge in [-0.15, -0.1) is 0 Å². The molecule has 0 saturated carbocycles. The van der Waals surface area contributed by atoms with Crippen molar-refractivity contribution in [2.75, 3.05) is 25.1 Å². The predicted molar refractivity (Wildman–Crippen MR) is 122 cm³/mol. The van der Waals surface area contributed by atoms with Crippen LogP contribution in [0.1, 0.15) is 37.8 Å². The van der Waals surface area contributed by atoms with Crippen LogP contribution < -0.4 is 5.32 Å². The maximum atomic E-state index is 13.5. The number of benzene rings is 1. The maximum Gasteiger partial charge on any atom is 0.310 e. The van der Waals surface area contributed by atoms with Gasteiger partial charge in [-0.05, 0) is 56.7 Å². The van der Waals surface area contributed by atoms with Crippen LogP contribution in [-0.2, 0) is 19.1 Å². The monoisotopic (exact) mass is 442 g/mol. The van der Waals surface area contributed by atoms with Gasteiger partial charge < -0.3 is 20.1 Å². The molecule has 0 spiro atoms. The summed E-state index contributed by atoms with van der Waals surface area (Å²) in [6.45, 7) is 8.02. The highest BCUT2D eigenvalue weighted by molar-refractivity contribution is 6.02. The molecule has 1 heterocycles. The minimum Gasteiger partial charge on any atom is -0.466 e. The Labute approximate surface area is 189 Å².